The Morgan fingerprint density at radius 1 is 1.88 bits per heavy atom. The summed E-state index contributed by atoms with van der Waals surface area (Å²) in [5.74, 6) is -1.46. The molecule has 0 aliphatic carbocycles. The molecule has 0 bridgehead atoms. The first-order valence-corrected chi connectivity index (χ1v) is 3.39. The van der Waals surface area contributed by atoms with E-state index in [0.29, 0.717) is 0 Å². The third-order valence-electron chi connectivity index (χ3n) is 0.393. The first-order chi connectivity index (χ1) is 3.18. The number of aliphatic hydroxyl groups is 1. The molecule has 0 aromatic carbocycles. The van der Waals surface area contributed by atoms with Crippen LogP contribution in [0.15, 0.2) is 0 Å². The third-order valence-corrected chi connectivity index (χ3v) is 1.59. The number of halogens is 1. The maximum Gasteiger partial charge on any atom is 1.00 e. The Hall–Kier alpha value is 0.907. The molecule has 0 aromatic rings. The van der Waals surface area contributed by atoms with Crippen LogP contribution in [0.1, 0.15) is 1.43 Å². The molecule has 0 amide bonds. The van der Waals surface area contributed by atoms with Crippen LogP contribution in [0.2, 0.25) is 0 Å². The molecule has 6 heteroatoms. The van der Waals surface area contributed by atoms with Crippen LogP contribution in [-0.4, -0.2) is 21.7 Å². The molecule has 0 heterocycles. The molecule has 0 spiro atoms. The molecular weight excluding hydrogens is 145 g/mol. The van der Waals surface area contributed by atoms with E-state index in [2.05, 4.69) is 0 Å². The van der Waals surface area contributed by atoms with Gasteiger partial charge in [0, 0.05) is 0 Å². The quantitative estimate of drug-likeness (QED) is 0.258. The van der Waals surface area contributed by atoms with Crippen molar-refractivity contribution in [2.24, 2.45) is 0 Å². The summed E-state index contributed by atoms with van der Waals surface area (Å²) in [4.78, 5) is 8.00. The van der Waals surface area contributed by atoms with Crippen molar-refractivity contribution < 1.29 is 34.9 Å². The van der Waals surface area contributed by atoms with E-state index in [1.807, 2.05) is 0 Å². The third kappa shape index (κ3) is 5.05. The fourth-order valence-corrected chi connectivity index (χ4v) is 0.531. The molecule has 0 saturated carbocycles. The van der Waals surface area contributed by atoms with Crippen molar-refractivity contribution in [2.75, 3.05) is 5.88 Å². The van der Waals surface area contributed by atoms with Gasteiger partial charge in [-0.15, -0.1) is 11.6 Å². The molecule has 0 saturated heterocycles. The molecule has 3 nitrogen and oxygen atoms in total. The predicted molar refractivity (Wildman–Crippen MR) is 27.7 cm³/mol. The average Bonchev–Trinajstić information content (AvgIpc) is 1.65. The predicted octanol–water partition coefficient (Wildman–Crippen LogP) is -2.61. The van der Waals surface area contributed by atoms with Crippen molar-refractivity contribution in [1.82, 2.24) is 0 Å². The smallest absolute Gasteiger partial charge is 1.00 e. The molecule has 44 valence electrons. The summed E-state index contributed by atoms with van der Waals surface area (Å²) in [6.45, 7) is 0. The summed E-state index contributed by atoms with van der Waals surface area (Å²) in [5.41, 5.74) is 0. The summed E-state index contributed by atoms with van der Waals surface area (Å²) in [6, 6.07) is 0. The van der Waals surface area contributed by atoms with Crippen LogP contribution < -0.4 is 18.9 Å². The summed E-state index contributed by atoms with van der Waals surface area (Å²) in [7, 11) is -2.49. The molecule has 2 N–H and O–H groups in total. The van der Waals surface area contributed by atoms with Gasteiger partial charge >= 0.3 is 26.9 Å². The molecule has 0 aliphatic rings. The molecule has 0 aromatic heterocycles. The van der Waals surface area contributed by atoms with Crippen LogP contribution in [0.3, 0.4) is 0 Å². The van der Waals surface area contributed by atoms with Gasteiger partial charge in [-0.3, -0.25) is 0 Å². The molecule has 0 fully saturated rings. The Kier molecular flexibility index (Phi) is 8.80. The normalized spacial score (nSPS) is 14.1. The minimum atomic E-state index is -2.49. The van der Waals surface area contributed by atoms with E-state index in [0.717, 1.165) is 0 Å². The van der Waals surface area contributed by atoms with E-state index >= 15 is 0 Å². The van der Waals surface area contributed by atoms with Gasteiger partial charge in [0.05, 0.1) is 5.88 Å². The fraction of sp³-hybridized carbons (Fsp3) is 1.00. The van der Waals surface area contributed by atoms with Gasteiger partial charge in [0.2, 0.25) is 0 Å². The maximum absolute atomic E-state index is 9.74. The fourth-order valence-electron chi connectivity index (χ4n) is 0.0590. The van der Waals surface area contributed by atoms with Gasteiger partial charge in [-0.2, -0.15) is 4.89 Å². The maximum atomic E-state index is 9.74. The monoisotopic (exact) mass is 151 g/mol. The van der Waals surface area contributed by atoms with Crippen LogP contribution in [0.25, 0.3) is 0 Å². The summed E-state index contributed by atoms with van der Waals surface area (Å²) < 4.78 is 9.74. The SMILES string of the molecule is O=[P+](O)C(O)CCl.[H-].[Li+]. The summed E-state index contributed by atoms with van der Waals surface area (Å²) >= 11 is 4.95. The largest absolute Gasteiger partial charge is 1.00 e. The molecule has 8 heavy (non-hydrogen) atoms. The summed E-state index contributed by atoms with van der Waals surface area (Å²) in [6.07, 6.45) is 0. The Morgan fingerprint density at radius 3 is 2.25 bits per heavy atom. The molecule has 0 rings (SSSR count). The average molecular weight is 151 g/mol. The van der Waals surface area contributed by atoms with E-state index < -0.39 is 13.9 Å². The summed E-state index contributed by atoms with van der Waals surface area (Å²) in [5, 5.41) is 8.27. The topological polar surface area (TPSA) is 57.5 Å². The van der Waals surface area contributed by atoms with Crippen LogP contribution in [0, 0.1) is 0 Å². The van der Waals surface area contributed by atoms with E-state index in [1.54, 1.807) is 0 Å². The van der Waals surface area contributed by atoms with Crippen LogP contribution in [-0.2, 0) is 4.57 Å². The zero-order chi connectivity index (χ0) is 5.86. The number of hydrogen-bond acceptors (Lipinski definition) is 2. The van der Waals surface area contributed by atoms with Crippen molar-refractivity contribution in [3.05, 3.63) is 0 Å². The number of rotatable bonds is 2. The number of alkyl halides is 1. The van der Waals surface area contributed by atoms with Gasteiger partial charge < -0.3 is 6.53 Å². The van der Waals surface area contributed by atoms with Gasteiger partial charge in [-0.1, -0.05) is 0 Å². The van der Waals surface area contributed by atoms with Gasteiger partial charge in [-0.25, -0.2) is 0 Å². The number of hydrogen-bond donors (Lipinski definition) is 2. The van der Waals surface area contributed by atoms with Crippen molar-refractivity contribution in [3.63, 3.8) is 0 Å². The Bertz CT molecular complexity index is 84.2. The second-order valence-corrected chi connectivity index (χ2v) is 2.45. The van der Waals surface area contributed by atoms with E-state index in [-0.39, 0.29) is 26.2 Å². The van der Waals surface area contributed by atoms with Crippen molar-refractivity contribution in [2.45, 2.75) is 5.85 Å². The Morgan fingerprint density at radius 2 is 2.25 bits per heavy atom. The number of aliphatic hydroxyl groups excluding tert-OH is 1. The minimum Gasteiger partial charge on any atom is -1.00 e. The Balaban J connectivity index is -0.000000180. The standard InChI is InChI=1S/C2H4ClO3P.Li.H/c3-1-2(4)7(5)6;;/h2,4H,1H2;;/q;+1;-1/p+1. The second-order valence-electron chi connectivity index (χ2n) is 0.937. The zero-order valence-corrected chi connectivity index (χ0v) is 6.06. The van der Waals surface area contributed by atoms with Gasteiger partial charge in [0.1, 0.15) is 0 Å². The second kappa shape index (κ2) is 6.03. The van der Waals surface area contributed by atoms with Crippen molar-refractivity contribution >= 4 is 19.6 Å². The van der Waals surface area contributed by atoms with Crippen LogP contribution in [0.5, 0.6) is 0 Å². The first kappa shape index (κ1) is 11.7. The molecule has 0 aliphatic heterocycles. The van der Waals surface area contributed by atoms with Crippen molar-refractivity contribution in [3.8, 4) is 0 Å². The molecule has 0 radical (unpaired) electrons. The van der Waals surface area contributed by atoms with Gasteiger partial charge in [-0.05, 0) is 4.57 Å². The van der Waals surface area contributed by atoms with Crippen molar-refractivity contribution in [1.29, 1.82) is 0 Å². The van der Waals surface area contributed by atoms with Gasteiger partial charge in [0.15, 0.2) is 0 Å². The Labute approximate surface area is 66.6 Å². The minimum absolute atomic E-state index is 0. The molecule has 2 atom stereocenters. The van der Waals surface area contributed by atoms with E-state index in [1.165, 1.54) is 0 Å². The first-order valence-electron chi connectivity index (χ1n) is 1.57. The molecule has 2 unspecified atom stereocenters. The van der Waals surface area contributed by atoms with E-state index in [4.69, 9.17) is 21.6 Å². The molecular formula is C2H6ClLiO3P+. The zero-order valence-electron chi connectivity index (χ0n) is 5.41. The van der Waals surface area contributed by atoms with Crippen LogP contribution >= 0.6 is 19.6 Å². The van der Waals surface area contributed by atoms with E-state index in [9.17, 15) is 4.57 Å². The van der Waals surface area contributed by atoms with Gasteiger partial charge in [0.25, 0.3) is 5.85 Å². The van der Waals surface area contributed by atoms with Crippen LogP contribution in [0.4, 0.5) is 0 Å².